The zero-order chi connectivity index (χ0) is 13.8. The minimum Gasteiger partial charge on any atom is -0.385 e. The van der Waals surface area contributed by atoms with Crippen LogP contribution in [0.1, 0.15) is 15.9 Å². The van der Waals surface area contributed by atoms with Crippen molar-refractivity contribution in [2.24, 2.45) is 0 Å². The molecule has 1 aromatic heterocycles. The van der Waals surface area contributed by atoms with Crippen LogP contribution >= 0.6 is 0 Å². The lowest BCUT2D eigenvalue weighted by Gasteiger charge is -2.18. The first-order valence-electron chi connectivity index (χ1n) is 5.83. The number of para-hydroxylation sites is 1. The van der Waals surface area contributed by atoms with Crippen LogP contribution in [0.3, 0.4) is 0 Å². The normalized spacial score (nSPS) is 10.3. The smallest absolute Gasteiger partial charge is 0.256 e. The third-order valence-electron chi connectivity index (χ3n) is 2.82. The van der Waals surface area contributed by atoms with Gasteiger partial charge in [0.1, 0.15) is 5.82 Å². The number of aromatic nitrogens is 2. The van der Waals surface area contributed by atoms with Crippen LogP contribution in [-0.4, -0.2) is 35.1 Å². The van der Waals surface area contributed by atoms with E-state index in [1.165, 1.54) is 17.0 Å². The Morgan fingerprint density at radius 1 is 1.53 bits per heavy atom. The molecule has 0 aliphatic rings. The Balaban J connectivity index is 2.22. The van der Waals surface area contributed by atoms with Gasteiger partial charge in [-0.05, 0) is 12.1 Å². The molecule has 0 saturated heterocycles. The Morgan fingerprint density at radius 3 is 2.95 bits per heavy atom. The quantitative estimate of drug-likeness (QED) is 0.884. The molecule has 6 heteroatoms. The molecular weight excluding hydrogens is 247 g/mol. The largest absolute Gasteiger partial charge is 0.385 e. The molecule has 0 fully saturated rings. The molecule has 1 heterocycles. The van der Waals surface area contributed by atoms with E-state index in [0.29, 0.717) is 12.1 Å². The molecular formula is C13H15FN4O. The molecule has 1 amide bonds. The number of nitrogens with zero attached hydrogens (tertiary/aromatic N) is 2. The van der Waals surface area contributed by atoms with Gasteiger partial charge in [-0.3, -0.25) is 9.89 Å². The van der Waals surface area contributed by atoms with E-state index >= 15 is 0 Å². The van der Waals surface area contributed by atoms with Crippen molar-refractivity contribution in [1.82, 2.24) is 15.1 Å². The standard InChI is InChI=1S/C13H15FN4O/c1-15-12-10(4-3-5-11(12)14)13(19)18(2)8-9-6-16-17-7-9/h3-7,15H,8H2,1-2H3,(H,16,17). The minimum atomic E-state index is -0.440. The van der Waals surface area contributed by atoms with Crippen LogP contribution in [0.2, 0.25) is 0 Å². The van der Waals surface area contributed by atoms with Gasteiger partial charge >= 0.3 is 0 Å². The van der Waals surface area contributed by atoms with Crippen molar-refractivity contribution < 1.29 is 9.18 Å². The van der Waals surface area contributed by atoms with Crippen molar-refractivity contribution in [2.75, 3.05) is 19.4 Å². The second-order valence-corrected chi connectivity index (χ2v) is 4.18. The highest BCUT2D eigenvalue weighted by molar-refractivity contribution is 5.99. The lowest BCUT2D eigenvalue weighted by atomic mass is 10.1. The number of amides is 1. The van der Waals surface area contributed by atoms with Gasteiger partial charge in [-0.15, -0.1) is 0 Å². The first kappa shape index (κ1) is 13.1. The topological polar surface area (TPSA) is 61.0 Å². The van der Waals surface area contributed by atoms with Crippen LogP contribution in [0.4, 0.5) is 10.1 Å². The average Bonchev–Trinajstić information content (AvgIpc) is 2.90. The van der Waals surface area contributed by atoms with E-state index in [9.17, 15) is 9.18 Å². The number of nitrogens with one attached hydrogen (secondary N) is 2. The number of halogens is 1. The highest BCUT2D eigenvalue weighted by Crippen LogP contribution is 2.21. The molecule has 0 atom stereocenters. The van der Waals surface area contributed by atoms with Gasteiger partial charge in [0.15, 0.2) is 0 Å². The van der Waals surface area contributed by atoms with Gasteiger partial charge in [-0.25, -0.2) is 4.39 Å². The number of carbonyl (C=O) groups is 1. The molecule has 5 nitrogen and oxygen atoms in total. The zero-order valence-corrected chi connectivity index (χ0v) is 10.8. The van der Waals surface area contributed by atoms with Crippen LogP contribution in [0.15, 0.2) is 30.6 Å². The van der Waals surface area contributed by atoms with Crippen molar-refractivity contribution in [3.05, 3.63) is 47.5 Å². The van der Waals surface area contributed by atoms with Crippen LogP contribution in [0.25, 0.3) is 0 Å². The van der Waals surface area contributed by atoms with E-state index in [-0.39, 0.29) is 11.6 Å². The lowest BCUT2D eigenvalue weighted by Crippen LogP contribution is -2.27. The number of rotatable bonds is 4. The maximum atomic E-state index is 13.6. The number of aromatic amines is 1. The molecule has 0 unspecified atom stereocenters. The van der Waals surface area contributed by atoms with Gasteiger partial charge in [0.2, 0.25) is 0 Å². The monoisotopic (exact) mass is 262 g/mol. The Bertz CT molecular complexity index is 568. The van der Waals surface area contributed by atoms with E-state index in [1.807, 2.05) is 0 Å². The fourth-order valence-corrected chi connectivity index (χ4v) is 1.87. The number of carbonyl (C=O) groups excluding carboxylic acids is 1. The Kier molecular flexibility index (Phi) is 3.79. The summed E-state index contributed by atoms with van der Waals surface area (Å²) in [5.41, 5.74) is 1.42. The molecule has 1 aromatic carbocycles. The molecule has 0 bridgehead atoms. The fraction of sp³-hybridized carbons (Fsp3) is 0.231. The Morgan fingerprint density at radius 2 is 2.32 bits per heavy atom. The zero-order valence-electron chi connectivity index (χ0n) is 10.8. The number of hydrogen-bond acceptors (Lipinski definition) is 3. The van der Waals surface area contributed by atoms with Crippen molar-refractivity contribution in [1.29, 1.82) is 0 Å². The third-order valence-corrected chi connectivity index (χ3v) is 2.82. The fourth-order valence-electron chi connectivity index (χ4n) is 1.87. The average molecular weight is 262 g/mol. The molecule has 100 valence electrons. The summed E-state index contributed by atoms with van der Waals surface area (Å²) >= 11 is 0. The lowest BCUT2D eigenvalue weighted by molar-refractivity contribution is 0.0785. The highest BCUT2D eigenvalue weighted by Gasteiger charge is 2.18. The second kappa shape index (κ2) is 5.51. The van der Waals surface area contributed by atoms with Gasteiger partial charge in [0.25, 0.3) is 5.91 Å². The summed E-state index contributed by atoms with van der Waals surface area (Å²) in [4.78, 5) is 13.8. The minimum absolute atomic E-state index is 0.214. The second-order valence-electron chi connectivity index (χ2n) is 4.18. The highest BCUT2D eigenvalue weighted by atomic mass is 19.1. The first-order valence-corrected chi connectivity index (χ1v) is 5.83. The maximum absolute atomic E-state index is 13.6. The molecule has 2 N–H and O–H groups in total. The van der Waals surface area contributed by atoms with Gasteiger partial charge < -0.3 is 10.2 Å². The van der Waals surface area contributed by atoms with Crippen molar-refractivity contribution in [2.45, 2.75) is 6.54 Å². The SMILES string of the molecule is CNc1c(F)cccc1C(=O)N(C)Cc1cn[nH]c1. The molecule has 0 aliphatic heterocycles. The summed E-state index contributed by atoms with van der Waals surface area (Å²) in [6, 6.07) is 4.44. The summed E-state index contributed by atoms with van der Waals surface area (Å²) in [5, 5.41) is 9.22. The predicted molar refractivity (Wildman–Crippen MR) is 70.3 cm³/mol. The summed E-state index contributed by atoms with van der Waals surface area (Å²) in [7, 11) is 3.25. The van der Waals surface area contributed by atoms with Crippen molar-refractivity contribution in [3.8, 4) is 0 Å². The molecule has 2 rings (SSSR count). The summed E-state index contributed by atoms with van der Waals surface area (Å²) in [6.07, 6.45) is 3.36. The van der Waals surface area contributed by atoms with E-state index in [0.717, 1.165) is 5.56 Å². The van der Waals surface area contributed by atoms with Gasteiger partial charge in [-0.2, -0.15) is 5.10 Å². The number of anilines is 1. The maximum Gasteiger partial charge on any atom is 0.256 e. The number of benzene rings is 1. The molecule has 19 heavy (non-hydrogen) atoms. The summed E-state index contributed by atoms with van der Waals surface area (Å²) in [6.45, 7) is 0.412. The molecule has 0 spiro atoms. The van der Waals surface area contributed by atoms with Gasteiger partial charge in [-0.1, -0.05) is 6.07 Å². The summed E-state index contributed by atoms with van der Waals surface area (Å²) in [5.74, 6) is -0.685. The van der Waals surface area contributed by atoms with E-state index < -0.39 is 5.82 Å². The summed E-state index contributed by atoms with van der Waals surface area (Å²) < 4.78 is 13.6. The van der Waals surface area contributed by atoms with Crippen molar-refractivity contribution in [3.63, 3.8) is 0 Å². The van der Waals surface area contributed by atoms with Crippen LogP contribution < -0.4 is 5.32 Å². The van der Waals surface area contributed by atoms with Crippen LogP contribution in [0, 0.1) is 5.82 Å². The number of H-pyrrole nitrogens is 1. The van der Waals surface area contributed by atoms with E-state index in [1.54, 1.807) is 32.6 Å². The molecule has 0 radical (unpaired) electrons. The Labute approximate surface area is 110 Å². The van der Waals surface area contributed by atoms with Crippen LogP contribution in [-0.2, 0) is 6.54 Å². The van der Waals surface area contributed by atoms with Crippen molar-refractivity contribution >= 4 is 11.6 Å². The van der Waals surface area contributed by atoms with Gasteiger partial charge in [0, 0.05) is 32.4 Å². The van der Waals surface area contributed by atoms with Crippen LogP contribution in [0.5, 0.6) is 0 Å². The Hall–Kier alpha value is -2.37. The molecule has 2 aromatic rings. The molecule has 0 aliphatic carbocycles. The predicted octanol–water partition coefficient (Wildman–Crippen LogP) is 1.86. The molecule has 0 saturated carbocycles. The van der Waals surface area contributed by atoms with E-state index in [4.69, 9.17) is 0 Å². The number of hydrogen-bond donors (Lipinski definition) is 2. The first-order chi connectivity index (χ1) is 9.13. The van der Waals surface area contributed by atoms with Gasteiger partial charge in [0.05, 0.1) is 17.4 Å². The third kappa shape index (κ3) is 2.73. The van der Waals surface area contributed by atoms with E-state index in [2.05, 4.69) is 15.5 Å².